The summed E-state index contributed by atoms with van der Waals surface area (Å²) in [7, 11) is 0. The van der Waals surface area contributed by atoms with E-state index in [1.54, 1.807) is 12.1 Å². The van der Waals surface area contributed by atoms with Gasteiger partial charge in [0, 0.05) is 5.69 Å². The molecule has 1 unspecified atom stereocenters. The van der Waals surface area contributed by atoms with Crippen LogP contribution in [0.5, 0.6) is 0 Å². The Kier molecular flexibility index (Phi) is 5.04. The number of carbonyl (C=O) groups excluding carboxylic acids is 1. The summed E-state index contributed by atoms with van der Waals surface area (Å²) in [6, 6.07) is 21.1. The average Bonchev–Trinajstić information content (AvgIpc) is 2.65. The van der Waals surface area contributed by atoms with Gasteiger partial charge in [0.15, 0.2) is 11.5 Å². The van der Waals surface area contributed by atoms with Gasteiger partial charge in [-0.3, -0.25) is 4.79 Å². The smallest absolute Gasteiger partial charge is 0.272 e. The van der Waals surface area contributed by atoms with Crippen molar-refractivity contribution in [3.63, 3.8) is 0 Å². The van der Waals surface area contributed by atoms with E-state index in [9.17, 15) is 4.79 Å². The average molecular weight is 332 g/mol. The number of aromatic nitrogens is 2. The maximum Gasteiger partial charge on any atom is 0.272 e. The van der Waals surface area contributed by atoms with Crippen LogP contribution in [0, 0.1) is 6.92 Å². The minimum Gasteiger partial charge on any atom is -0.344 e. The highest BCUT2D eigenvalue weighted by Gasteiger charge is 2.13. The predicted molar refractivity (Wildman–Crippen MR) is 98.8 cm³/mol. The van der Waals surface area contributed by atoms with Gasteiger partial charge in [-0.1, -0.05) is 48.0 Å². The van der Waals surface area contributed by atoms with E-state index in [0.717, 1.165) is 11.3 Å². The molecule has 1 heterocycles. The lowest BCUT2D eigenvalue weighted by atomic mass is 10.1. The van der Waals surface area contributed by atoms with Crippen molar-refractivity contribution < 1.29 is 4.79 Å². The van der Waals surface area contributed by atoms with E-state index in [4.69, 9.17) is 0 Å². The summed E-state index contributed by atoms with van der Waals surface area (Å²) in [5, 5.41) is 14.2. The number of amides is 1. The van der Waals surface area contributed by atoms with Crippen molar-refractivity contribution in [2.75, 3.05) is 5.32 Å². The molecule has 0 fully saturated rings. The lowest BCUT2D eigenvalue weighted by Crippen LogP contribution is -2.27. The molecule has 1 amide bonds. The molecule has 0 bridgehead atoms. The standard InChI is InChI=1S/C20H20N4O/c1-14-8-10-17(11-9-14)22-19-13-12-18(23-24-19)20(25)21-15(2)16-6-4-3-5-7-16/h3-13,15H,1-2H3,(H,21,25)(H,22,24). The first-order valence-corrected chi connectivity index (χ1v) is 8.15. The fourth-order valence-corrected chi connectivity index (χ4v) is 2.40. The molecule has 5 heteroatoms. The molecule has 0 spiro atoms. The summed E-state index contributed by atoms with van der Waals surface area (Å²) in [6.45, 7) is 3.97. The molecular weight excluding hydrogens is 312 g/mol. The van der Waals surface area contributed by atoms with Crippen molar-refractivity contribution in [3.8, 4) is 0 Å². The Morgan fingerprint density at radius 1 is 0.920 bits per heavy atom. The molecule has 0 saturated carbocycles. The molecule has 25 heavy (non-hydrogen) atoms. The second kappa shape index (κ2) is 7.57. The highest BCUT2D eigenvalue weighted by molar-refractivity contribution is 5.92. The Morgan fingerprint density at radius 3 is 2.28 bits per heavy atom. The Hall–Kier alpha value is -3.21. The van der Waals surface area contributed by atoms with Crippen molar-refractivity contribution in [3.05, 3.63) is 83.6 Å². The van der Waals surface area contributed by atoms with E-state index in [2.05, 4.69) is 20.8 Å². The van der Waals surface area contributed by atoms with Crippen molar-refractivity contribution in [2.24, 2.45) is 0 Å². The quantitative estimate of drug-likeness (QED) is 0.740. The third-order valence-electron chi connectivity index (χ3n) is 3.87. The van der Waals surface area contributed by atoms with Gasteiger partial charge in [0.1, 0.15) is 0 Å². The molecule has 5 nitrogen and oxygen atoms in total. The second-order valence-electron chi connectivity index (χ2n) is 5.90. The zero-order valence-corrected chi connectivity index (χ0v) is 14.2. The molecule has 0 aliphatic rings. The Bertz CT molecular complexity index is 830. The molecule has 3 rings (SSSR count). The first-order valence-electron chi connectivity index (χ1n) is 8.15. The van der Waals surface area contributed by atoms with Gasteiger partial charge in [-0.2, -0.15) is 0 Å². The van der Waals surface area contributed by atoms with E-state index in [0.29, 0.717) is 5.82 Å². The summed E-state index contributed by atoms with van der Waals surface area (Å²) in [6.07, 6.45) is 0. The maximum absolute atomic E-state index is 12.3. The van der Waals surface area contributed by atoms with E-state index in [-0.39, 0.29) is 17.6 Å². The SMILES string of the molecule is Cc1ccc(Nc2ccc(C(=O)NC(C)c3ccccc3)nn2)cc1. The van der Waals surface area contributed by atoms with Gasteiger partial charge < -0.3 is 10.6 Å². The lowest BCUT2D eigenvalue weighted by molar-refractivity contribution is 0.0934. The number of rotatable bonds is 5. The first-order chi connectivity index (χ1) is 12.1. The van der Waals surface area contributed by atoms with Crippen molar-refractivity contribution in [1.82, 2.24) is 15.5 Å². The fourth-order valence-electron chi connectivity index (χ4n) is 2.40. The molecule has 0 aliphatic heterocycles. The number of nitrogens with zero attached hydrogens (tertiary/aromatic N) is 2. The first kappa shape index (κ1) is 16.6. The number of nitrogens with one attached hydrogen (secondary N) is 2. The Morgan fingerprint density at radius 2 is 1.64 bits per heavy atom. The van der Waals surface area contributed by atoms with E-state index < -0.39 is 0 Å². The number of anilines is 2. The molecule has 0 saturated heterocycles. The highest BCUT2D eigenvalue weighted by Crippen LogP contribution is 2.15. The van der Waals surface area contributed by atoms with Gasteiger partial charge in [0.25, 0.3) is 5.91 Å². The van der Waals surface area contributed by atoms with Crippen LogP contribution in [0.2, 0.25) is 0 Å². The minimum atomic E-state index is -0.245. The van der Waals surface area contributed by atoms with Gasteiger partial charge in [-0.05, 0) is 43.7 Å². The third kappa shape index (κ3) is 4.41. The Balaban J connectivity index is 1.63. The van der Waals surface area contributed by atoms with Crippen LogP contribution in [0.15, 0.2) is 66.7 Å². The van der Waals surface area contributed by atoms with Crippen LogP contribution < -0.4 is 10.6 Å². The molecule has 126 valence electrons. The number of hydrogen-bond donors (Lipinski definition) is 2. The van der Waals surface area contributed by atoms with Crippen LogP contribution in [-0.4, -0.2) is 16.1 Å². The molecule has 0 aliphatic carbocycles. The van der Waals surface area contributed by atoms with E-state index in [1.807, 2.05) is 68.4 Å². The van der Waals surface area contributed by atoms with Crippen LogP contribution in [-0.2, 0) is 0 Å². The lowest BCUT2D eigenvalue weighted by Gasteiger charge is -2.13. The number of benzene rings is 2. The summed E-state index contributed by atoms with van der Waals surface area (Å²) in [4.78, 5) is 12.3. The van der Waals surface area contributed by atoms with Crippen LogP contribution in [0.4, 0.5) is 11.5 Å². The van der Waals surface area contributed by atoms with Gasteiger partial charge in [0.05, 0.1) is 6.04 Å². The summed E-state index contributed by atoms with van der Waals surface area (Å²) >= 11 is 0. The topological polar surface area (TPSA) is 66.9 Å². The fraction of sp³-hybridized carbons (Fsp3) is 0.150. The number of hydrogen-bond acceptors (Lipinski definition) is 4. The Labute approximate surface area is 147 Å². The summed E-state index contributed by atoms with van der Waals surface area (Å²) < 4.78 is 0. The largest absolute Gasteiger partial charge is 0.344 e. The zero-order valence-electron chi connectivity index (χ0n) is 14.2. The number of carbonyl (C=O) groups is 1. The van der Waals surface area contributed by atoms with E-state index in [1.165, 1.54) is 5.56 Å². The molecule has 2 N–H and O–H groups in total. The van der Waals surface area contributed by atoms with Crippen molar-refractivity contribution in [2.45, 2.75) is 19.9 Å². The third-order valence-corrected chi connectivity index (χ3v) is 3.87. The minimum absolute atomic E-state index is 0.0964. The molecule has 2 aromatic carbocycles. The second-order valence-corrected chi connectivity index (χ2v) is 5.90. The predicted octanol–water partition coefficient (Wildman–Crippen LogP) is 4.02. The van der Waals surface area contributed by atoms with Gasteiger partial charge in [-0.25, -0.2) is 0 Å². The van der Waals surface area contributed by atoms with Gasteiger partial charge in [-0.15, -0.1) is 10.2 Å². The molecule has 1 atom stereocenters. The van der Waals surface area contributed by atoms with Crippen LogP contribution in [0.3, 0.4) is 0 Å². The highest BCUT2D eigenvalue weighted by atomic mass is 16.2. The molecule has 0 radical (unpaired) electrons. The maximum atomic E-state index is 12.3. The number of aryl methyl sites for hydroxylation is 1. The van der Waals surface area contributed by atoms with Gasteiger partial charge in [0.2, 0.25) is 0 Å². The van der Waals surface area contributed by atoms with E-state index >= 15 is 0 Å². The molecular formula is C20H20N4O. The van der Waals surface area contributed by atoms with Crippen molar-refractivity contribution >= 4 is 17.4 Å². The zero-order chi connectivity index (χ0) is 17.6. The molecule has 1 aromatic heterocycles. The summed E-state index contributed by atoms with van der Waals surface area (Å²) in [5.41, 5.74) is 3.45. The van der Waals surface area contributed by atoms with Gasteiger partial charge >= 0.3 is 0 Å². The van der Waals surface area contributed by atoms with Crippen LogP contribution >= 0.6 is 0 Å². The molecule has 3 aromatic rings. The monoisotopic (exact) mass is 332 g/mol. The van der Waals surface area contributed by atoms with Crippen molar-refractivity contribution in [1.29, 1.82) is 0 Å². The summed E-state index contributed by atoms with van der Waals surface area (Å²) in [5.74, 6) is 0.349. The van der Waals surface area contributed by atoms with Crippen LogP contribution in [0.25, 0.3) is 0 Å². The normalized spacial score (nSPS) is 11.6. The van der Waals surface area contributed by atoms with Crippen LogP contribution in [0.1, 0.15) is 34.6 Å².